The molecule has 0 bridgehead atoms. The highest BCUT2D eigenvalue weighted by Crippen LogP contribution is 2.18. The van der Waals surface area contributed by atoms with Crippen molar-refractivity contribution in [3.63, 3.8) is 0 Å². The van der Waals surface area contributed by atoms with Gasteiger partial charge in [0.15, 0.2) is 0 Å². The minimum Gasteiger partial charge on any atom is -0.0962 e. The van der Waals surface area contributed by atoms with Crippen LogP contribution in [0.25, 0.3) is 0 Å². The van der Waals surface area contributed by atoms with Crippen molar-refractivity contribution in [2.75, 3.05) is 0 Å². The summed E-state index contributed by atoms with van der Waals surface area (Å²) in [6.07, 6.45) is 3.10. The number of allylic oxidation sites excluding steroid dienone is 3. The Morgan fingerprint density at radius 2 is 1.00 bits per heavy atom. The van der Waals surface area contributed by atoms with Crippen LogP contribution in [-0.2, 0) is 0 Å². The fraction of sp³-hybridized carbons (Fsp3) is 0.500. The van der Waals surface area contributed by atoms with Crippen LogP contribution in [0.3, 0.4) is 0 Å². The van der Waals surface area contributed by atoms with Crippen molar-refractivity contribution in [3.05, 3.63) is 31.4 Å². The Kier molecular flexibility index (Phi) is 10.2. The van der Waals surface area contributed by atoms with Gasteiger partial charge in [-0.1, -0.05) is 86.5 Å². The summed E-state index contributed by atoms with van der Waals surface area (Å²) in [5, 5.41) is 0. The van der Waals surface area contributed by atoms with E-state index >= 15 is 0 Å². The highest BCUT2D eigenvalue weighted by Gasteiger charge is 2.06. The average Bonchev–Trinajstić information content (AvgIpc) is 2.28. The zero-order valence-electron chi connectivity index (χ0n) is 10.1. The van der Waals surface area contributed by atoms with Crippen LogP contribution >= 0.6 is 47.8 Å². The molecule has 90 valence electrons. The van der Waals surface area contributed by atoms with E-state index in [2.05, 4.69) is 86.5 Å². The van der Waals surface area contributed by atoms with Crippen LogP contribution in [0.2, 0.25) is 0 Å². The normalized spacial score (nSPS) is 14.2. The molecule has 0 spiro atoms. The second kappa shape index (κ2) is 9.72. The largest absolute Gasteiger partial charge is 0.220 e. The lowest BCUT2D eigenvalue weighted by Gasteiger charge is -2.03. The van der Waals surface area contributed by atoms with Crippen LogP contribution in [0.1, 0.15) is 40.0 Å². The first-order chi connectivity index (χ1) is 7.53. The van der Waals surface area contributed by atoms with Gasteiger partial charge in [-0.15, -0.1) is 0 Å². The summed E-state index contributed by atoms with van der Waals surface area (Å²) in [5.41, 5.74) is 0. The van der Waals surface area contributed by atoms with Gasteiger partial charge < -0.3 is 0 Å². The van der Waals surface area contributed by atoms with Gasteiger partial charge in [-0.05, 0) is 32.7 Å². The highest BCUT2D eigenvalue weighted by molar-refractivity contribution is 9.12. The van der Waals surface area contributed by atoms with Gasteiger partial charge >= 0.3 is 0 Å². The van der Waals surface area contributed by atoms with Crippen LogP contribution in [0, 0.1) is 0 Å². The van der Waals surface area contributed by atoms with E-state index in [1.807, 2.05) is 0 Å². The molecule has 0 atom stereocenters. The lowest BCUT2D eigenvalue weighted by molar-refractivity contribution is 1.20. The molecule has 0 unspecified atom stereocenters. The summed E-state index contributed by atoms with van der Waals surface area (Å²) in [5.74, 6) is 6.73. The summed E-state index contributed by atoms with van der Waals surface area (Å²) < 4.78 is 3.74. The maximum absolute atomic E-state index is 3.57. The molecule has 0 aromatic carbocycles. The molecule has 0 fully saturated rings. The molecule has 0 N–H and O–H groups in total. The van der Waals surface area contributed by atoms with Crippen molar-refractivity contribution >= 4 is 54.5 Å². The fourth-order valence-corrected chi connectivity index (χ4v) is 2.04. The van der Waals surface area contributed by atoms with Crippen LogP contribution in [0.5, 0.6) is 0 Å². The average molecular weight is 413 g/mol. The predicted octanol–water partition coefficient (Wildman–Crippen LogP) is 6.17. The van der Waals surface area contributed by atoms with E-state index in [0.29, 0.717) is 6.71 Å². The maximum Gasteiger partial charge on any atom is 0.220 e. The Hall–Kier alpha value is 0.725. The first kappa shape index (κ1) is 16.7. The summed E-state index contributed by atoms with van der Waals surface area (Å²) in [7, 11) is 0. The number of halogens is 3. The lowest BCUT2D eigenvalue weighted by atomic mass is 9.49. The van der Waals surface area contributed by atoms with Gasteiger partial charge in [0.2, 0.25) is 6.71 Å². The van der Waals surface area contributed by atoms with Crippen molar-refractivity contribution in [2.45, 2.75) is 40.0 Å². The van der Waals surface area contributed by atoms with Gasteiger partial charge in [-0.2, -0.15) is 0 Å². The Morgan fingerprint density at radius 3 is 1.19 bits per heavy atom. The summed E-state index contributed by atoms with van der Waals surface area (Å²) in [6, 6.07) is 0. The maximum atomic E-state index is 3.57. The summed E-state index contributed by atoms with van der Waals surface area (Å²) in [6.45, 7) is 6.79. The van der Waals surface area contributed by atoms with E-state index in [0.717, 1.165) is 19.3 Å². The third kappa shape index (κ3) is 7.91. The van der Waals surface area contributed by atoms with Crippen molar-refractivity contribution in [1.82, 2.24) is 0 Å². The standard InChI is InChI=1S/C12H18BBr3/c1-4-10(14)7-13(8-11(15)5-2)9-12(16)6-3/h7-9H,4-6H2,1-3H3/b10-7+,11-8+,12-9+. The molecule has 0 amide bonds. The third-order valence-electron chi connectivity index (χ3n) is 2.13. The van der Waals surface area contributed by atoms with E-state index in [9.17, 15) is 0 Å². The van der Waals surface area contributed by atoms with Gasteiger partial charge in [-0.25, -0.2) is 0 Å². The Labute approximate surface area is 125 Å². The van der Waals surface area contributed by atoms with E-state index < -0.39 is 0 Å². The Bertz CT molecular complexity index is 245. The zero-order valence-corrected chi connectivity index (χ0v) is 14.8. The van der Waals surface area contributed by atoms with Crippen molar-refractivity contribution in [3.8, 4) is 0 Å². The molecular formula is C12H18BBr3. The molecule has 0 rings (SSSR count). The van der Waals surface area contributed by atoms with Crippen molar-refractivity contribution in [2.24, 2.45) is 0 Å². The van der Waals surface area contributed by atoms with Gasteiger partial charge in [-0.3, -0.25) is 0 Å². The van der Waals surface area contributed by atoms with Gasteiger partial charge in [0.05, 0.1) is 0 Å². The number of hydrogen-bond donors (Lipinski definition) is 0. The molecular weight excluding hydrogens is 395 g/mol. The first-order valence-electron chi connectivity index (χ1n) is 5.61. The second-order valence-corrected chi connectivity index (χ2v) is 6.53. The van der Waals surface area contributed by atoms with Gasteiger partial charge in [0.1, 0.15) is 0 Å². The quantitative estimate of drug-likeness (QED) is 0.458. The number of rotatable bonds is 6. The van der Waals surface area contributed by atoms with E-state index in [4.69, 9.17) is 0 Å². The van der Waals surface area contributed by atoms with Crippen LogP contribution in [0.4, 0.5) is 0 Å². The molecule has 4 heteroatoms. The second-order valence-electron chi connectivity index (χ2n) is 3.48. The fourth-order valence-electron chi connectivity index (χ4n) is 1.12. The smallest absolute Gasteiger partial charge is 0.0962 e. The first-order valence-corrected chi connectivity index (χ1v) is 7.99. The zero-order chi connectivity index (χ0) is 12.6. The molecule has 0 nitrogen and oxygen atoms in total. The Morgan fingerprint density at radius 1 is 0.750 bits per heavy atom. The summed E-state index contributed by atoms with van der Waals surface area (Å²) in [4.78, 5) is 0. The molecule has 0 heterocycles. The monoisotopic (exact) mass is 410 g/mol. The molecule has 16 heavy (non-hydrogen) atoms. The lowest BCUT2D eigenvalue weighted by Crippen LogP contribution is -2.04. The molecule has 0 aliphatic carbocycles. The third-order valence-corrected chi connectivity index (χ3v) is 4.61. The molecule has 0 radical (unpaired) electrons. The predicted molar refractivity (Wildman–Crippen MR) is 87.7 cm³/mol. The summed E-state index contributed by atoms with van der Waals surface area (Å²) >= 11 is 10.7. The van der Waals surface area contributed by atoms with Gasteiger partial charge in [0, 0.05) is 0 Å². The minimum absolute atomic E-state index is 0.345. The molecule has 0 aliphatic rings. The highest BCUT2D eigenvalue weighted by atomic mass is 79.9. The molecule has 0 saturated heterocycles. The van der Waals surface area contributed by atoms with E-state index in [1.54, 1.807) is 0 Å². The molecule has 0 aromatic rings. The van der Waals surface area contributed by atoms with Crippen molar-refractivity contribution < 1.29 is 0 Å². The molecule has 0 aliphatic heterocycles. The van der Waals surface area contributed by atoms with E-state index in [1.165, 1.54) is 13.4 Å². The molecule has 0 saturated carbocycles. The van der Waals surface area contributed by atoms with E-state index in [-0.39, 0.29) is 0 Å². The van der Waals surface area contributed by atoms with Crippen LogP contribution in [0.15, 0.2) is 31.4 Å². The van der Waals surface area contributed by atoms with Crippen molar-refractivity contribution in [1.29, 1.82) is 0 Å². The van der Waals surface area contributed by atoms with Crippen LogP contribution in [-0.4, -0.2) is 6.71 Å². The topological polar surface area (TPSA) is 0 Å². The minimum atomic E-state index is 0.345. The van der Waals surface area contributed by atoms with Gasteiger partial charge in [0.25, 0.3) is 0 Å². The number of hydrogen-bond acceptors (Lipinski definition) is 0. The Balaban J connectivity index is 4.92. The molecule has 0 aromatic heterocycles. The SMILES string of the molecule is CC/C(Br)=C\B(/C=C(/Br)CC)/C=C(/Br)CC. The van der Waals surface area contributed by atoms with Crippen LogP contribution < -0.4 is 0 Å².